The fourth-order valence-corrected chi connectivity index (χ4v) is 5.35. The third-order valence-corrected chi connectivity index (χ3v) is 6.69. The van der Waals surface area contributed by atoms with Crippen LogP contribution in [0.5, 0.6) is 34.5 Å². The molecule has 0 aliphatic rings. The molecule has 1 aromatic heterocycles. The molecule has 6 N–H and O–H groups in total. The van der Waals surface area contributed by atoms with Gasteiger partial charge in [0.2, 0.25) is 16.9 Å². The highest BCUT2D eigenvalue weighted by atomic mass is 32.3. The van der Waals surface area contributed by atoms with Crippen LogP contribution in [0.15, 0.2) is 33.5 Å². The Bertz CT molecular complexity index is 2510. The summed E-state index contributed by atoms with van der Waals surface area (Å²) in [5.41, 5.74) is -4.80. The average molecular weight is 799 g/mol. The average Bonchev–Trinajstić information content (AvgIpc) is 2.78. The molecule has 0 aliphatic carbocycles. The smallest absolute Gasteiger partial charge is 0.446 e. The molecule has 0 aliphatic heterocycles. The van der Waals surface area contributed by atoms with Crippen molar-refractivity contribution in [2.75, 3.05) is 0 Å². The lowest BCUT2D eigenvalue weighted by Crippen LogP contribution is -2.18. The van der Waals surface area contributed by atoms with E-state index in [0.29, 0.717) is 12.1 Å². The van der Waals surface area contributed by atoms with Crippen molar-refractivity contribution in [1.82, 2.24) is 0 Å². The van der Waals surface area contributed by atoms with Crippen LogP contribution < -0.4 is 30.5 Å². The van der Waals surface area contributed by atoms with E-state index in [1.54, 1.807) is 0 Å². The lowest BCUT2D eigenvalue weighted by atomic mass is 10.1. The van der Waals surface area contributed by atoms with Gasteiger partial charge in [-0.3, -0.25) is 32.1 Å². The van der Waals surface area contributed by atoms with E-state index < -0.39 is 125 Å². The highest BCUT2D eigenvalue weighted by molar-refractivity contribution is 7.82. The van der Waals surface area contributed by atoms with Gasteiger partial charge in [0.15, 0.2) is 34.3 Å². The Kier molecular flexibility index (Phi) is 9.68. The standard InChI is InChI=1S/C15H10O26S6/c16-11-10-8(38-44(23,24)25)4-9(39-45(26,27)28)13(40-46(29,30)31)14(10)35-12(15(11)41-47(32,33)34)5-1-2-6(36-42(17,18)19)7(3-5)37-43(20,21)22/h1-4H,(H,17,18,19)(H,20,21,22)(H,23,24,25)(H,26,27,28)(H,29,30,31)(H,32,33,34). The van der Waals surface area contributed by atoms with Crippen LogP contribution >= 0.6 is 0 Å². The minimum Gasteiger partial charge on any atom is -0.448 e. The van der Waals surface area contributed by atoms with Crippen LogP contribution in [0.1, 0.15) is 0 Å². The first-order valence-corrected chi connectivity index (χ1v) is 18.4. The minimum atomic E-state index is -5.88. The Labute approximate surface area is 260 Å². The first-order chi connectivity index (χ1) is 20.9. The molecule has 0 fully saturated rings. The van der Waals surface area contributed by atoms with Crippen molar-refractivity contribution in [2.24, 2.45) is 0 Å². The van der Waals surface area contributed by atoms with E-state index in [0.717, 1.165) is 0 Å². The summed E-state index contributed by atoms with van der Waals surface area (Å²) in [6.45, 7) is 0. The number of rotatable bonds is 13. The third-order valence-electron chi connectivity index (χ3n) is 4.37. The summed E-state index contributed by atoms with van der Waals surface area (Å²) in [7, 11) is -34.5. The van der Waals surface area contributed by atoms with Crippen LogP contribution in [0, 0.1) is 0 Å². The summed E-state index contributed by atoms with van der Waals surface area (Å²) in [6, 6.07) is 0.867. The van der Waals surface area contributed by atoms with Gasteiger partial charge in [-0.15, -0.1) is 0 Å². The highest BCUT2D eigenvalue weighted by Gasteiger charge is 2.33. The first kappa shape index (κ1) is 37.4. The van der Waals surface area contributed by atoms with Crippen molar-refractivity contribution in [3.05, 3.63) is 34.5 Å². The Hall–Kier alpha value is -4.09. The van der Waals surface area contributed by atoms with Gasteiger partial charge < -0.3 is 29.5 Å². The number of hydrogen-bond donors (Lipinski definition) is 6. The molecule has 3 aromatic rings. The fraction of sp³-hybridized carbons (Fsp3) is 0. The Balaban J connectivity index is 2.68. The predicted molar refractivity (Wildman–Crippen MR) is 141 cm³/mol. The molecule has 0 saturated carbocycles. The Morgan fingerprint density at radius 3 is 1.34 bits per heavy atom. The van der Waals surface area contributed by atoms with E-state index in [9.17, 15) is 64.4 Å². The SMILES string of the molecule is O=c1c(OS(=O)(=O)O)c(-c2ccc(OS(=O)(=O)O)c(OS(=O)(=O)O)c2)oc2c(OS(=O)(=O)O)c(OS(=O)(=O)O)cc(OS(=O)(=O)O)c12. The van der Waals surface area contributed by atoms with Crippen molar-refractivity contribution in [3.63, 3.8) is 0 Å². The van der Waals surface area contributed by atoms with Gasteiger partial charge in [-0.2, -0.15) is 50.5 Å². The third kappa shape index (κ3) is 10.7. The zero-order valence-electron chi connectivity index (χ0n) is 21.1. The van der Waals surface area contributed by atoms with Gasteiger partial charge in [-0.1, -0.05) is 0 Å². The van der Waals surface area contributed by atoms with E-state index in [1.165, 1.54) is 0 Å². The van der Waals surface area contributed by atoms with Gasteiger partial charge >= 0.3 is 62.4 Å². The molecule has 0 spiro atoms. The van der Waals surface area contributed by atoms with Crippen LogP contribution in [0.3, 0.4) is 0 Å². The molecular weight excluding hydrogens is 789 g/mol. The van der Waals surface area contributed by atoms with Gasteiger partial charge in [0, 0.05) is 11.6 Å². The van der Waals surface area contributed by atoms with Crippen LogP contribution in [0.2, 0.25) is 0 Å². The van der Waals surface area contributed by atoms with Crippen LogP contribution in [0.25, 0.3) is 22.3 Å². The maximum atomic E-state index is 13.5. The monoisotopic (exact) mass is 798 g/mol. The van der Waals surface area contributed by atoms with E-state index in [-0.39, 0.29) is 12.1 Å². The second-order valence-corrected chi connectivity index (χ2v) is 13.9. The lowest BCUT2D eigenvalue weighted by Gasteiger charge is -2.16. The molecule has 0 unspecified atom stereocenters. The molecule has 3 rings (SSSR count). The van der Waals surface area contributed by atoms with Crippen molar-refractivity contribution >= 4 is 73.4 Å². The maximum absolute atomic E-state index is 13.5. The van der Waals surface area contributed by atoms with Gasteiger partial charge in [0.1, 0.15) is 5.39 Å². The minimum absolute atomic E-state index is 0.127. The van der Waals surface area contributed by atoms with Crippen LogP contribution in [-0.2, 0) is 62.4 Å². The van der Waals surface area contributed by atoms with E-state index >= 15 is 0 Å². The first-order valence-electron chi connectivity index (χ1n) is 10.2. The Morgan fingerprint density at radius 2 is 0.872 bits per heavy atom. The molecule has 1 heterocycles. The van der Waals surface area contributed by atoms with Gasteiger partial charge in [-0.25, -0.2) is 0 Å². The fourth-order valence-electron chi connectivity index (χ4n) is 3.19. The Morgan fingerprint density at radius 1 is 0.468 bits per heavy atom. The molecule has 0 saturated heterocycles. The molecule has 262 valence electrons. The predicted octanol–water partition coefficient (Wildman–Crippen LogP) is -1.45. The molecule has 26 nitrogen and oxygen atoms in total. The zero-order chi connectivity index (χ0) is 36.1. The van der Waals surface area contributed by atoms with Crippen LogP contribution in [0.4, 0.5) is 0 Å². The normalized spacial score (nSPS) is 13.1. The summed E-state index contributed by atoms with van der Waals surface area (Å²) in [4.78, 5) is 13.5. The summed E-state index contributed by atoms with van der Waals surface area (Å²) < 4.78 is 221. The van der Waals surface area contributed by atoms with Crippen molar-refractivity contribution in [1.29, 1.82) is 0 Å². The number of hydrogen-bond acceptors (Lipinski definition) is 20. The van der Waals surface area contributed by atoms with Crippen LogP contribution in [-0.4, -0.2) is 77.8 Å². The molecule has 0 radical (unpaired) electrons. The second-order valence-electron chi connectivity index (χ2n) is 7.72. The summed E-state index contributed by atoms with van der Waals surface area (Å²) in [6.07, 6.45) is 0. The summed E-state index contributed by atoms with van der Waals surface area (Å²) in [5, 5.41) is -1.62. The van der Waals surface area contributed by atoms with E-state index in [4.69, 9.17) is 22.6 Å². The summed E-state index contributed by atoms with van der Waals surface area (Å²) in [5.74, 6) is -11.3. The molecule has 47 heavy (non-hydrogen) atoms. The molecule has 0 atom stereocenters. The molecular formula is C15H10O26S6. The molecule has 2 aromatic carbocycles. The topological polar surface area (TPSA) is 412 Å². The van der Waals surface area contributed by atoms with Gasteiger partial charge in [0.05, 0.1) is 0 Å². The van der Waals surface area contributed by atoms with Gasteiger partial charge in [0.25, 0.3) is 0 Å². The van der Waals surface area contributed by atoms with Crippen molar-refractivity contribution < 1.29 is 107 Å². The molecule has 32 heteroatoms. The number of benzene rings is 2. The van der Waals surface area contributed by atoms with E-state index in [2.05, 4.69) is 25.1 Å². The molecule has 0 bridgehead atoms. The maximum Gasteiger partial charge on any atom is 0.446 e. The zero-order valence-corrected chi connectivity index (χ0v) is 26.0. The summed E-state index contributed by atoms with van der Waals surface area (Å²) >= 11 is 0. The van der Waals surface area contributed by atoms with E-state index in [1.807, 2.05) is 0 Å². The lowest BCUT2D eigenvalue weighted by molar-refractivity contribution is 0.357. The number of fused-ring (bicyclic) bond motifs is 1. The van der Waals surface area contributed by atoms with Crippen molar-refractivity contribution in [2.45, 2.75) is 0 Å². The second kappa shape index (κ2) is 12.2. The van der Waals surface area contributed by atoms with Crippen molar-refractivity contribution in [3.8, 4) is 45.8 Å². The quantitative estimate of drug-likeness (QED) is 0.108. The van der Waals surface area contributed by atoms with Gasteiger partial charge in [-0.05, 0) is 18.2 Å². The highest BCUT2D eigenvalue weighted by Crippen LogP contribution is 2.46. The largest absolute Gasteiger partial charge is 0.448 e. The molecule has 0 amide bonds.